The van der Waals surface area contributed by atoms with Crippen molar-refractivity contribution >= 4 is 17.5 Å². The lowest BCUT2D eigenvalue weighted by molar-refractivity contribution is -0.132. The van der Waals surface area contributed by atoms with Gasteiger partial charge in [0.15, 0.2) is 0 Å². The average Bonchev–Trinajstić information content (AvgIpc) is 2.48. The molecule has 1 fully saturated rings. The Balaban J connectivity index is 1.87. The second-order valence-electron chi connectivity index (χ2n) is 5.27. The molecule has 1 heterocycles. The summed E-state index contributed by atoms with van der Waals surface area (Å²) >= 11 is 6.11. The molecule has 0 aromatic heterocycles. The number of hydrogen-bond donors (Lipinski definition) is 1. The third-order valence-electron chi connectivity index (χ3n) is 3.54. The minimum Gasteiger partial charge on any atom is -0.495 e. The molecule has 1 N–H and O–H groups in total. The first-order valence-electron chi connectivity index (χ1n) is 7.09. The van der Waals surface area contributed by atoms with E-state index in [4.69, 9.17) is 16.3 Å². The van der Waals surface area contributed by atoms with Gasteiger partial charge in [-0.05, 0) is 24.7 Å². The molecule has 2 rings (SSSR count). The number of nitrogens with zero attached hydrogens (tertiary/aromatic N) is 2. The number of amides is 1. The number of rotatable bonds is 5. The number of benzene rings is 1. The van der Waals surface area contributed by atoms with Crippen LogP contribution in [0.25, 0.3) is 0 Å². The maximum absolute atomic E-state index is 12.2. The van der Waals surface area contributed by atoms with E-state index >= 15 is 0 Å². The first-order valence-corrected chi connectivity index (χ1v) is 7.47. The number of hydrogen-bond acceptors (Lipinski definition) is 4. The molecule has 1 aliphatic rings. The summed E-state index contributed by atoms with van der Waals surface area (Å²) in [4.78, 5) is 16.1. The first kappa shape index (κ1) is 16.1. The van der Waals surface area contributed by atoms with Crippen LogP contribution in [0.2, 0.25) is 5.02 Å². The fraction of sp³-hybridized carbons (Fsp3) is 0.533. The summed E-state index contributed by atoms with van der Waals surface area (Å²) in [7, 11) is 3.54. The van der Waals surface area contributed by atoms with Crippen molar-refractivity contribution in [2.24, 2.45) is 0 Å². The van der Waals surface area contributed by atoms with Crippen LogP contribution in [0, 0.1) is 0 Å². The summed E-state index contributed by atoms with van der Waals surface area (Å²) in [5.41, 5.74) is 1.07. The molecule has 1 aromatic carbocycles. The van der Waals surface area contributed by atoms with Crippen molar-refractivity contribution in [2.45, 2.75) is 6.54 Å². The van der Waals surface area contributed by atoms with Crippen LogP contribution in [0.5, 0.6) is 5.75 Å². The number of ether oxygens (including phenoxy) is 1. The molecule has 21 heavy (non-hydrogen) atoms. The summed E-state index contributed by atoms with van der Waals surface area (Å²) in [5.74, 6) is 0.846. The van der Waals surface area contributed by atoms with E-state index in [0.29, 0.717) is 23.9 Å². The van der Waals surface area contributed by atoms with Crippen LogP contribution in [0.15, 0.2) is 18.2 Å². The zero-order chi connectivity index (χ0) is 15.2. The van der Waals surface area contributed by atoms with Crippen molar-refractivity contribution in [2.75, 3.05) is 46.9 Å². The third kappa shape index (κ3) is 4.59. The van der Waals surface area contributed by atoms with Gasteiger partial charge in [0.05, 0.1) is 18.7 Å². The van der Waals surface area contributed by atoms with Crippen LogP contribution in [0.3, 0.4) is 0 Å². The highest BCUT2D eigenvalue weighted by atomic mass is 35.5. The van der Waals surface area contributed by atoms with Gasteiger partial charge in [-0.2, -0.15) is 0 Å². The summed E-state index contributed by atoms with van der Waals surface area (Å²) in [6, 6.07) is 5.70. The second kappa shape index (κ2) is 7.64. The first-order chi connectivity index (χ1) is 10.1. The predicted molar refractivity (Wildman–Crippen MR) is 83.8 cm³/mol. The maximum Gasteiger partial charge on any atom is 0.236 e. The van der Waals surface area contributed by atoms with Crippen molar-refractivity contribution < 1.29 is 9.53 Å². The van der Waals surface area contributed by atoms with Crippen molar-refractivity contribution in [3.63, 3.8) is 0 Å². The molecule has 6 heteroatoms. The smallest absolute Gasteiger partial charge is 0.236 e. The number of nitrogens with one attached hydrogen (secondary N) is 1. The van der Waals surface area contributed by atoms with Gasteiger partial charge >= 0.3 is 0 Å². The molecule has 0 radical (unpaired) electrons. The fourth-order valence-electron chi connectivity index (χ4n) is 2.42. The highest BCUT2D eigenvalue weighted by molar-refractivity contribution is 6.32. The van der Waals surface area contributed by atoms with E-state index in [0.717, 1.165) is 31.7 Å². The van der Waals surface area contributed by atoms with Crippen LogP contribution in [-0.4, -0.2) is 62.6 Å². The standard InChI is InChI=1S/C15H22ClN3O2/c1-18(11-15(20)19-7-5-17-6-8-19)10-12-3-4-14(21-2)13(16)9-12/h3-4,9,17H,5-8,10-11H2,1-2H3. The van der Waals surface area contributed by atoms with Crippen LogP contribution >= 0.6 is 11.6 Å². The minimum absolute atomic E-state index is 0.179. The molecule has 1 aromatic rings. The minimum atomic E-state index is 0.179. The highest BCUT2D eigenvalue weighted by Crippen LogP contribution is 2.25. The topological polar surface area (TPSA) is 44.8 Å². The lowest BCUT2D eigenvalue weighted by Gasteiger charge is -2.29. The van der Waals surface area contributed by atoms with Gasteiger partial charge in [0.2, 0.25) is 5.91 Å². The molecule has 1 saturated heterocycles. The molecule has 5 nitrogen and oxygen atoms in total. The van der Waals surface area contributed by atoms with Crippen LogP contribution in [0.1, 0.15) is 5.56 Å². The lowest BCUT2D eigenvalue weighted by atomic mass is 10.2. The Bertz CT molecular complexity index is 490. The summed E-state index contributed by atoms with van der Waals surface area (Å²) in [6.07, 6.45) is 0. The highest BCUT2D eigenvalue weighted by Gasteiger charge is 2.17. The van der Waals surface area contributed by atoms with E-state index in [-0.39, 0.29) is 5.91 Å². The van der Waals surface area contributed by atoms with Gasteiger partial charge < -0.3 is 15.0 Å². The molecule has 0 aliphatic carbocycles. The molecule has 0 atom stereocenters. The van der Waals surface area contributed by atoms with Crippen molar-refractivity contribution in [3.8, 4) is 5.75 Å². The number of likely N-dealkylation sites (N-methyl/N-ethyl adjacent to an activating group) is 1. The molecule has 0 bridgehead atoms. The lowest BCUT2D eigenvalue weighted by Crippen LogP contribution is -2.49. The monoisotopic (exact) mass is 311 g/mol. The van der Waals surface area contributed by atoms with Crippen molar-refractivity contribution in [1.82, 2.24) is 15.1 Å². The van der Waals surface area contributed by atoms with E-state index in [2.05, 4.69) is 5.32 Å². The molecule has 1 aliphatic heterocycles. The number of halogens is 1. The van der Waals surface area contributed by atoms with E-state index in [1.165, 1.54) is 0 Å². The normalized spacial score (nSPS) is 15.3. The number of methoxy groups -OCH3 is 1. The van der Waals surface area contributed by atoms with Crippen molar-refractivity contribution in [3.05, 3.63) is 28.8 Å². The third-order valence-corrected chi connectivity index (χ3v) is 3.84. The molecular formula is C15H22ClN3O2. The van der Waals surface area contributed by atoms with Gasteiger partial charge in [0.1, 0.15) is 5.75 Å². The molecule has 0 spiro atoms. The Morgan fingerprint density at radius 1 is 1.43 bits per heavy atom. The summed E-state index contributed by atoms with van der Waals surface area (Å²) < 4.78 is 5.14. The zero-order valence-corrected chi connectivity index (χ0v) is 13.3. The Labute approximate surface area is 130 Å². The van der Waals surface area contributed by atoms with Crippen LogP contribution < -0.4 is 10.1 Å². The molecule has 0 unspecified atom stereocenters. The Morgan fingerprint density at radius 2 is 2.14 bits per heavy atom. The maximum atomic E-state index is 12.2. The Kier molecular flexibility index (Phi) is 5.85. The Morgan fingerprint density at radius 3 is 2.76 bits per heavy atom. The van der Waals surface area contributed by atoms with Gasteiger partial charge in [0.25, 0.3) is 0 Å². The van der Waals surface area contributed by atoms with Gasteiger partial charge in [-0.25, -0.2) is 0 Å². The van der Waals surface area contributed by atoms with Crippen LogP contribution in [-0.2, 0) is 11.3 Å². The van der Waals surface area contributed by atoms with E-state index in [9.17, 15) is 4.79 Å². The Hall–Kier alpha value is -1.30. The average molecular weight is 312 g/mol. The van der Waals surface area contributed by atoms with Crippen LogP contribution in [0.4, 0.5) is 0 Å². The molecule has 116 valence electrons. The summed E-state index contributed by atoms with van der Waals surface area (Å²) in [6.45, 7) is 4.44. The van der Waals surface area contributed by atoms with Gasteiger partial charge in [-0.1, -0.05) is 17.7 Å². The van der Waals surface area contributed by atoms with E-state index in [1.807, 2.05) is 35.0 Å². The number of piperazine rings is 1. The number of carbonyl (C=O) groups excluding carboxylic acids is 1. The largest absolute Gasteiger partial charge is 0.495 e. The number of carbonyl (C=O) groups is 1. The molecule has 0 saturated carbocycles. The van der Waals surface area contributed by atoms with Gasteiger partial charge in [0, 0.05) is 32.7 Å². The van der Waals surface area contributed by atoms with Crippen molar-refractivity contribution in [1.29, 1.82) is 0 Å². The predicted octanol–water partition coefficient (Wildman–Crippen LogP) is 1.21. The molecule has 1 amide bonds. The summed E-state index contributed by atoms with van der Waals surface area (Å²) in [5, 5.41) is 3.84. The fourth-order valence-corrected chi connectivity index (χ4v) is 2.70. The zero-order valence-electron chi connectivity index (χ0n) is 12.6. The quantitative estimate of drug-likeness (QED) is 0.888. The van der Waals surface area contributed by atoms with E-state index < -0.39 is 0 Å². The van der Waals surface area contributed by atoms with Gasteiger partial charge in [-0.3, -0.25) is 9.69 Å². The second-order valence-corrected chi connectivity index (χ2v) is 5.68. The molecular weight excluding hydrogens is 290 g/mol. The van der Waals surface area contributed by atoms with Gasteiger partial charge in [-0.15, -0.1) is 0 Å². The van der Waals surface area contributed by atoms with E-state index in [1.54, 1.807) is 7.11 Å². The SMILES string of the molecule is COc1ccc(CN(C)CC(=O)N2CCNCC2)cc1Cl.